The van der Waals surface area contributed by atoms with E-state index in [1.165, 1.54) is 31.3 Å². The number of hydrogen-bond donors (Lipinski definition) is 6. The van der Waals surface area contributed by atoms with Gasteiger partial charge in [0.2, 0.25) is 0 Å². The fraction of sp³-hybridized carbons (Fsp3) is 0.200. The first-order valence-corrected chi connectivity index (χ1v) is 15.4. The number of aromatic hydroxyl groups is 2. The van der Waals surface area contributed by atoms with Crippen LogP contribution in [0.25, 0.3) is 22.4 Å². The normalized spacial score (nSPS) is 11.9. The number of fused-ring (bicyclic) bond motifs is 1. The minimum atomic E-state index is -4.74. The molecule has 0 aliphatic carbocycles. The molecule has 3 aromatic carbocycles. The second-order valence-electron chi connectivity index (χ2n) is 10.3. The van der Waals surface area contributed by atoms with Gasteiger partial charge in [-0.05, 0) is 59.5 Å². The highest BCUT2D eigenvalue weighted by atomic mass is 32.2. The molecular formula is C30H27F4N7O5S. The molecule has 246 valence electrons. The van der Waals surface area contributed by atoms with Crippen LogP contribution in [0.2, 0.25) is 0 Å². The number of nitrogens with zero attached hydrogens (tertiary/aromatic N) is 3. The minimum absolute atomic E-state index is 0.0175. The smallest absolute Gasteiger partial charge is 0.393 e. The summed E-state index contributed by atoms with van der Waals surface area (Å²) in [6.07, 6.45) is -5.83. The van der Waals surface area contributed by atoms with E-state index in [1.54, 1.807) is 18.2 Å². The number of nitrogens with one attached hydrogen (secondary N) is 4. The van der Waals surface area contributed by atoms with Crippen molar-refractivity contribution < 1.29 is 41.0 Å². The molecule has 0 unspecified atom stereocenters. The molecule has 47 heavy (non-hydrogen) atoms. The molecule has 0 saturated carbocycles. The van der Waals surface area contributed by atoms with E-state index < -0.39 is 57.0 Å². The van der Waals surface area contributed by atoms with Crippen molar-refractivity contribution in [3.63, 3.8) is 0 Å². The highest BCUT2D eigenvalue weighted by molar-refractivity contribution is 7.92. The lowest BCUT2D eigenvalue weighted by Crippen LogP contribution is -2.19. The molecular weight excluding hydrogens is 646 g/mol. The Hall–Kier alpha value is -5.45. The summed E-state index contributed by atoms with van der Waals surface area (Å²) in [5.74, 6) is -3.63. The molecule has 1 amide bonds. The summed E-state index contributed by atoms with van der Waals surface area (Å²) < 4.78 is 84.0. The van der Waals surface area contributed by atoms with E-state index in [0.29, 0.717) is 24.1 Å². The lowest BCUT2D eigenvalue weighted by atomic mass is 10.0. The molecule has 0 spiro atoms. The van der Waals surface area contributed by atoms with Crippen molar-refractivity contribution in [1.29, 1.82) is 0 Å². The fourth-order valence-electron chi connectivity index (χ4n) is 4.90. The Morgan fingerprint density at radius 2 is 1.74 bits per heavy atom. The van der Waals surface area contributed by atoms with Gasteiger partial charge in [-0.2, -0.15) is 18.3 Å². The Kier molecular flexibility index (Phi) is 8.93. The number of aromatic nitrogens is 4. The third-order valence-electron chi connectivity index (χ3n) is 7.09. The predicted octanol–water partition coefficient (Wildman–Crippen LogP) is 5.01. The van der Waals surface area contributed by atoms with Crippen LogP contribution in [0.5, 0.6) is 11.5 Å². The molecule has 0 radical (unpaired) electrons. The third-order valence-corrected chi connectivity index (χ3v) is 8.56. The van der Waals surface area contributed by atoms with Gasteiger partial charge in [-0.3, -0.25) is 14.6 Å². The van der Waals surface area contributed by atoms with Gasteiger partial charge in [0.15, 0.2) is 23.0 Å². The van der Waals surface area contributed by atoms with Gasteiger partial charge in [0.05, 0.1) is 22.4 Å². The van der Waals surface area contributed by atoms with Gasteiger partial charge >= 0.3 is 6.18 Å². The number of anilines is 2. The molecule has 12 nitrogen and oxygen atoms in total. The van der Waals surface area contributed by atoms with Gasteiger partial charge in [0, 0.05) is 19.2 Å². The topological polar surface area (TPSA) is 182 Å². The zero-order valence-electron chi connectivity index (χ0n) is 24.7. The van der Waals surface area contributed by atoms with E-state index in [9.17, 15) is 41.0 Å². The highest BCUT2D eigenvalue weighted by Crippen LogP contribution is 2.35. The van der Waals surface area contributed by atoms with Gasteiger partial charge in [0.1, 0.15) is 17.3 Å². The van der Waals surface area contributed by atoms with Gasteiger partial charge in [0.25, 0.3) is 15.9 Å². The fourth-order valence-corrected chi connectivity index (χ4v) is 6.31. The number of carbonyl (C=O) groups is 1. The second kappa shape index (κ2) is 12.7. The van der Waals surface area contributed by atoms with Crippen LogP contribution in [0.4, 0.5) is 29.1 Å². The monoisotopic (exact) mass is 673 g/mol. The zero-order chi connectivity index (χ0) is 34.1. The lowest BCUT2D eigenvalue weighted by molar-refractivity contribution is -0.127. The van der Waals surface area contributed by atoms with Crippen LogP contribution >= 0.6 is 0 Å². The quantitative estimate of drug-likeness (QED) is 0.0877. The Labute approximate surface area is 264 Å². The summed E-state index contributed by atoms with van der Waals surface area (Å²) in [7, 11) is -2.74. The van der Waals surface area contributed by atoms with Crippen molar-refractivity contribution in [2.75, 3.05) is 17.1 Å². The van der Waals surface area contributed by atoms with Crippen molar-refractivity contribution in [3.8, 4) is 22.9 Å². The van der Waals surface area contributed by atoms with Crippen molar-refractivity contribution in [3.05, 3.63) is 82.8 Å². The first kappa shape index (κ1) is 32.9. The molecule has 6 N–H and O–H groups in total. The van der Waals surface area contributed by atoms with E-state index in [2.05, 4.69) is 35.5 Å². The minimum Gasteiger partial charge on any atom is -0.508 e. The van der Waals surface area contributed by atoms with Gasteiger partial charge in [-0.25, -0.2) is 22.8 Å². The SMILES string of the molecule is CCc1ccccc1S(=O)(=O)Nc1ccc(O)cc1CNc1nc(-c2cc(F)c(O)cc2CC(F)(F)F)nc2n[nH]c(C(=O)NC)c12. The summed E-state index contributed by atoms with van der Waals surface area (Å²) in [6, 6.07) is 11.6. The predicted molar refractivity (Wildman–Crippen MR) is 164 cm³/mol. The number of benzene rings is 3. The van der Waals surface area contributed by atoms with Gasteiger partial charge < -0.3 is 20.8 Å². The molecule has 0 aliphatic heterocycles. The molecule has 0 atom stereocenters. The maximum absolute atomic E-state index is 14.4. The summed E-state index contributed by atoms with van der Waals surface area (Å²) in [5.41, 5.74) is -0.333. The number of H-pyrrole nitrogens is 1. The molecule has 5 rings (SSSR count). The molecule has 0 saturated heterocycles. The lowest BCUT2D eigenvalue weighted by Gasteiger charge is -2.17. The van der Waals surface area contributed by atoms with Crippen LogP contribution < -0.4 is 15.4 Å². The molecule has 0 aliphatic rings. The van der Waals surface area contributed by atoms with Crippen LogP contribution in [-0.2, 0) is 29.4 Å². The standard InChI is InChI=1S/C30H27F4N7O5S/c1-3-15-6-4-5-7-23(15)47(45,46)41-21-9-8-18(42)10-17(21)14-36-27-24-25(29(44)35-2)39-40-28(24)38-26(37-27)19-12-20(31)22(43)11-16(19)13-30(32,33)34/h4-12,41-43H,3,13-14H2,1-2H3,(H,35,44)(H2,36,37,38,39,40). The molecule has 0 bridgehead atoms. The Bertz CT molecular complexity index is 2100. The van der Waals surface area contributed by atoms with E-state index in [4.69, 9.17) is 0 Å². The number of halogens is 4. The number of amides is 1. The number of aryl methyl sites for hydroxylation is 1. The first-order chi connectivity index (χ1) is 22.2. The number of hydrogen-bond acceptors (Lipinski definition) is 9. The van der Waals surface area contributed by atoms with E-state index in [-0.39, 0.29) is 51.0 Å². The number of rotatable bonds is 10. The Morgan fingerprint density at radius 3 is 2.45 bits per heavy atom. The number of aromatic amines is 1. The van der Waals surface area contributed by atoms with Crippen LogP contribution in [0, 0.1) is 5.82 Å². The molecule has 2 heterocycles. The molecule has 5 aromatic rings. The highest BCUT2D eigenvalue weighted by Gasteiger charge is 2.31. The van der Waals surface area contributed by atoms with Crippen molar-refractivity contribution >= 4 is 38.5 Å². The second-order valence-corrected chi connectivity index (χ2v) is 11.9. The summed E-state index contributed by atoms with van der Waals surface area (Å²) >= 11 is 0. The van der Waals surface area contributed by atoms with Crippen molar-refractivity contribution in [2.45, 2.75) is 37.4 Å². The molecule has 0 fully saturated rings. The largest absolute Gasteiger partial charge is 0.508 e. The molecule has 17 heteroatoms. The maximum atomic E-state index is 14.4. The summed E-state index contributed by atoms with van der Waals surface area (Å²) in [6.45, 7) is 1.56. The van der Waals surface area contributed by atoms with Crippen LogP contribution in [0.3, 0.4) is 0 Å². The summed E-state index contributed by atoms with van der Waals surface area (Å²) in [4.78, 5) is 21.2. The first-order valence-electron chi connectivity index (χ1n) is 13.9. The van der Waals surface area contributed by atoms with Crippen LogP contribution in [0.15, 0.2) is 59.5 Å². The third kappa shape index (κ3) is 7.04. The average Bonchev–Trinajstić information content (AvgIpc) is 3.45. The van der Waals surface area contributed by atoms with E-state index in [1.807, 2.05) is 6.92 Å². The van der Waals surface area contributed by atoms with Crippen LogP contribution in [-0.4, -0.2) is 57.9 Å². The van der Waals surface area contributed by atoms with E-state index in [0.717, 1.165) is 0 Å². The van der Waals surface area contributed by atoms with E-state index >= 15 is 0 Å². The number of sulfonamides is 1. The average molecular weight is 674 g/mol. The number of phenolic OH excluding ortho intramolecular Hbond substituents is 2. The zero-order valence-corrected chi connectivity index (χ0v) is 25.5. The number of carbonyl (C=O) groups excluding carboxylic acids is 1. The Morgan fingerprint density at radius 1 is 1.00 bits per heavy atom. The number of alkyl halides is 3. The van der Waals surface area contributed by atoms with Gasteiger partial charge in [-0.1, -0.05) is 25.1 Å². The van der Waals surface area contributed by atoms with Crippen molar-refractivity contribution in [1.82, 2.24) is 25.5 Å². The maximum Gasteiger partial charge on any atom is 0.393 e. The van der Waals surface area contributed by atoms with Gasteiger partial charge in [-0.15, -0.1) is 0 Å². The number of phenols is 2. The van der Waals surface area contributed by atoms with Crippen LogP contribution in [0.1, 0.15) is 34.1 Å². The Balaban J connectivity index is 1.60. The summed E-state index contributed by atoms with van der Waals surface area (Å²) in [5, 5.41) is 31.9. The van der Waals surface area contributed by atoms with Crippen molar-refractivity contribution in [2.24, 2.45) is 0 Å². The molecule has 2 aromatic heterocycles.